The zero-order valence-corrected chi connectivity index (χ0v) is 10.3. The van der Waals surface area contributed by atoms with Gasteiger partial charge in [-0.2, -0.15) is 0 Å². The largest absolute Gasteiger partial charge is 0.440 e. The maximum absolute atomic E-state index is 11.8. The summed E-state index contributed by atoms with van der Waals surface area (Å²) in [6.45, 7) is 3.91. The molecule has 4 heteroatoms. The Bertz CT molecular complexity index is 560. The molecule has 0 unspecified atom stereocenters. The first-order valence-electron chi connectivity index (χ1n) is 5.20. The summed E-state index contributed by atoms with van der Waals surface area (Å²) in [6, 6.07) is 8.95. The molecule has 3 nitrogen and oxygen atoms in total. The summed E-state index contributed by atoms with van der Waals surface area (Å²) in [7, 11) is 0. The van der Waals surface area contributed by atoms with Gasteiger partial charge in [0, 0.05) is 5.69 Å². The van der Waals surface area contributed by atoms with Crippen LogP contribution >= 0.6 is 11.6 Å². The molecule has 1 amide bonds. The van der Waals surface area contributed by atoms with Crippen molar-refractivity contribution in [3.8, 4) is 0 Å². The van der Waals surface area contributed by atoms with Crippen molar-refractivity contribution in [2.24, 2.45) is 0 Å². The van der Waals surface area contributed by atoms with Crippen LogP contribution in [0.1, 0.15) is 21.7 Å². The number of amides is 1. The van der Waals surface area contributed by atoms with E-state index in [1.807, 2.05) is 32.0 Å². The first-order chi connectivity index (χ1) is 8.06. The lowest BCUT2D eigenvalue weighted by atomic mass is 10.1. The lowest BCUT2D eigenvalue weighted by molar-refractivity contribution is 0.0996. The van der Waals surface area contributed by atoms with E-state index in [4.69, 9.17) is 16.0 Å². The number of anilines is 1. The van der Waals surface area contributed by atoms with E-state index in [0.29, 0.717) is 0 Å². The zero-order valence-electron chi connectivity index (χ0n) is 9.58. The summed E-state index contributed by atoms with van der Waals surface area (Å²) in [6.07, 6.45) is 0. The molecule has 1 N–H and O–H groups in total. The molecule has 0 radical (unpaired) electrons. The van der Waals surface area contributed by atoms with Crippen molar-refractivity contribution in [2.45, 2.75) is 13.8 Å². The van der Waals surface area contributed by atoms with Crippen molar-refractivity contribution in [3.63, 3.8) is 0 Å². The molecule has 1 aromatic carbocycles. The summed E-state index contributed by atoms with van der Waals surface area (Å²) in [4.78, 5) is 11.8. The predicted octanol–water partition coefficient (Wildman–Crippen LogP) is 3.80. The lowest BCUT2D eigenvalue weighted by Gasteiger charge is -2.07. The van der Waals surface area contributed by atoms with Gasteiger partial charge >= 0.3 is 0 Å². The number of carbonyl (C=O) groups is 1. The van der Waals surface area contributed by atoms with E-state index in [-0.39, 0.29) is 16.9 Å². The quantitative estimate of drug-likeness (QED) is 0.880. The van der Waals surface area contributed by atoms with Crippen LogP contribution in [0.3, 0.4) is 0 Å². The number of halogens is 1. The van der Waals surface area contributed by atoms with E-state index in [9.17, 15) is 4.79 Å². The highest BCUT2D eigenvalue weighted by atomic mass is 35.5. The Morgan fingerprint density at radius 2 is 2.00 bits per heavy atom. The zero-order chi connectivity index (χ0) is 12.4. The number of rotatable bonds is 2. The Hall–Kier alpha value is -1.74. The van der Waals surface area contributed by atoms with Gasteiger partial charge in [-0.05, 0) is 54.8 Å². The molecule has 0 aliphatic heterocycles. The minimum atomic E-state index is -0.300. The SMILES string of the molecule is Cc1ccc(C)c(NC(=O)c2ccc(Cl)o2)c1. The van der Waals surface area contributed by atoms with Crippen LogP contribution in [0.2, 0.25) is 5.22 Å². The highest BCUT2D eigenvalue weighted by Gasteiger charge is 2.11. The number of aryl methyl sites for hydroxylation is 2. The van der Waals surface area contributed by atoms with Crippen molar-refractivity contribution in [1.82, 2.24) is 0 Å². The monoisotopic (exact) mass is 249 g/mol. The van der Waals surface area contributed by atoms with Crippen molar-refractivity contribution >= 4 is 23.2 Å². The summed E-state index contributed by atoms with van der Waals surface area (Å²) in [5, 5.41) is 2.99. The van der Waals surface area contributed by atoms with E-state index in [0.717, 1.165) is 16.8 Å². The van der Waals surface area contributed by atoms with Crippen molar-refractivity contribution in [3.05, 3.63) is 52.4 Å². The Balaban J connectivity index is 2.21. The fourth-order valence-corrected chi connectivity index (χ4v) is 1.64. The van der Waals surface area contributed by atoms with Gasteiger partial charge in [0.1, 0.15) is 0 Å². The van der Waals surface area contributed by atoms with Crippen LogP contribution < -0.4 is 5.32 Å². The van der Waals surface area contributed by atoms with Gasteiger partial charge in [-0.3, -0.25) is 4.79 Å². The maximum atomic E-state index is 11.8. The van der Waals surface area contributed by atoms with Gasteiger partial charge < -0.3 is 9.73 Å². The van der Waals surface area contributed by atoms with E-state index >= 15 is 0 Å². The highest BCUT2D eigenvalue weighted by molar-refractivity contribution is 6.29. The molecule has 0 aliphatic rings. The molecule has 0 atom stereocenters. The van der Waals surface area contributed by atoms with Crippen LogP contribution in [0, 0.1) is 13.8 Å². The second-order valence-electron chi connectivity index (χ2n) is 3.88. The van der Waals surface area contributed by atoms with E-state index in [1.165, 1.54) is 0 Å². The molecule has 0 saturated carbocycles. The Morgan fingerprint density at radius 1 is 1.24 bits per heavy atom. The van der Waals surface area contributed by atoms with Crippen molar-refractivity contribution in [1.29, 1.82) is 0 Å². The van der Waals surface area contributed by atoms with E-state index in [1.54, 1.807) is 12.1 Å². The second kappa shape index (κ2) is 4.63. The number of furan rings is 1. The second-order valence-corrected chi connectivity index (χ2v) is 4.25. The average molecular weight is 250 g/mol. The standard InChI is InChI=1S/C13H12ClNO2/c1-8-3-4-9(2)10(7-8)15-13(16)11-5-6-12(14)17-11/h3-7H,1-2H3,(H,15,16). The van der Waals surface area contributed by atoms with Crippen LogP contribution in [0.15, 0.2) is 34.7 Å². The molecule has 1 heterocycles. The molecule has 2 aromatic rings. The third kappa shape index (κ3) is 2.68. The summed E-state index contributed by atoms with van der Waals surface area (Å²) < 4.78 is 5.04. The number of hydrogen-bond donors (Lipinski definition) is 1. The van der Waals surface area contributed by atoms with Crippen LogP contribution in [0.5, 0.6) is 0 Å². The summed E-state index contributed by atoms with van der Waals surface area (Å²) in [5.74, 6) is -0.0958. The normalized spacial score (nSPS) is 10.3. The maximum Gasteiger partial charge on any atom is 0.291 e. The Labute approximate surface area is 104 Å². The van der Waals surface area contributed by atoms with Gasteiger partial charge in [-0.1, -0.05) is 12.1 Å². The first-order valence-corrected chi connectivity index (χ1v) is 5.58. The molecular weight excluding hydrogens is 238 g/mol. The third-order valence-corrected chi connectivity index (χ3v) is 2.64. The number of benzene rings is 1. The molecule has 88 valence electrons. The Kier molecular flexibility index (Phi) is 3.20. The predicted molar refractivity (Wildman–Crippen MR) is 67.6 cm³/mol. The molecule has 17 heavy (non-hydrogen) atoms. The van der Waals surface area contributed by atoms with Gasteiger partial charge in [0.2, 0.25) is 0 Å². The van der Waals surface area contributed by atoms with E-state index < -0.39 is 0 Å². The fourth-order valence-electron chi connectivity index (χ4n) is 1.49. The molecule has 1 aromatic heterocycles. The van der Waals surface area contributed by atoms with E-state index in [2.05, 4.69) is 5.32 Å². The van der Waals surface area contributed by atoms with Crippen LogP contribution in [-0.2, 0) is 0 Å². The summed E-state index contributed by atoms with van der Waals surface area (Å²) in [5.41, 5.74) is 2.87. The number of nitrogens with one attached hydrogen (secondary N) is 1. The minimum Gasteiger partial charge on any atom is -0.440 e. The molecule has 0 bridgehead atoms. The fraction of sp³-hybridized carbons (Fsp3) is 0.154. The molecule has 0 fully saturated rings. The number of carbonyl (C=O) groups excluding carboxylic acids is 1. The van der Waals surface area contributed by atoms with Gasteiger partial charge in [-0.25, -0.2) is 0 Å². The number of hydrogen-bond acceptors (Lipinski definition) is 2. The highest BCUT2D eigenvalue weighted by Crippen LogP contribution is 2.19. The topological polar surface area (TPSA) is 42.2 Å². The van der Waals surface area contributed by atoms with Crippen LogP contribution in [0.25, 0.3) is 0 Å². The Morgan fingerprint density at radius 3 is 2.65 bits per heavy atom. The van der Waals surface area contributed by atoms with Gasteiger partial charge in [0.05, 0.1) is 0 Å². The summed E-state index contributed by atoms with van der Waals surface area (Å²) >= 11 is 5.62. The first kappa shape index (κ1) is 11.7. The minimum absolute atomic E-state index is 0.205. The lowest BCUT2D eigenvalue weighted by Crippen LogP contribution is -2.11. The molecular formula is C13H12ClNO2. The van der Waals surface area contributed by atoms with Gasteiger partial charge in [-0.15, -0.1) is 0 Å². The molecule has 0 spiro atoms. The van der Waals surface area contributed by atoms with Gasteiger partial charge in [0.15, 0.2) is 11.0 Å². The average Bonchev–Trinajstić information content (AvgIpc) is 2.70. The third-order valence-electron chi connectivity index (χ3n) is 2.44. The van der Waals surface area contributed by atoms with Crippen molar-refractivity contribution < 1.29 is 9.21 Å². The smallest absolute Gasteiger partial charge is 0.291 e. The van der Waals surface area contributed by atoms with Crippen LogP contribution in [0.4, 0.5) is 5.69 Å². The molecule has 0 saturated heterocycles. The van der Waals surface area contributed by atoms with Crippen molar-refractivity contribution in [2.75, 3.05) is 5.32 Å². The van der Waals surface area contributed by atoms with Gasteiger partial charge in [0.25, 0.3) is 5.91 Å². The van der Waals surface area contributed by atoms with Crippen LogP contribution in [-0.4, -0.2) is 5.91 Å². The molecule has 0 aliphatic carbocycles. The molecule has 2 rings (SSSR count).